The van der Waals surface area contributed by atoms with Crippen molar-refractivity contribution < 1.29 is 0 Å². The molecule has 3 nitrogen and oxygen atoms in total. The number of rotatable bonds is 4. The molecule has 0 radical (unpaired) electrons. The average Bonchev–Trinajstić information content (AvgIpc) is 2.19. The molecule has 0 aliphatic carbocycles. The lowest BCUT2D eigenvalue weighted by molar-refractivity contribution is 0.549. The van der Waals surface area contributed by atoms with Crippen molar-refractivity contribution in [1.82, 2.24) is 15.3 Å². The van der Waals surface area contributed by atoms with Crippen molar-refractivity contribution in [2.75, 3.05) is 6.54 Å². The molecular formula is C10H13N3. The molecule has 1 atom stereocenters. The van der Waals surface area contributed by atoms with E-state index in [0.29, 0.717) is 6.42 Å². The lowest BCUT2D eigenvalue weighted by atomic mass is 10.1. The Morgan fingerprint density at radius 3 is 3.00 bits per heavy atom. The molecule has 68 valence electrons. The lowest BCUT2D eigenvalue weighted by Gasteiger charge is -2.13. The maximum absolute atomic E-state index is 5.26. The number of nitrogens with zero attached hydrogens (tertiary/aromatic N) is 2. The maximum Gasteiger partial charge on any atom is 0.0765 e. The molecule has 1 unspecified atom stereocenters. The highest BCUT2D eigenvalue weighted by molar-refractivity contribution is 5.06. The molecule has 0 aromatic carbocycles. The topological polar surface area (TPSA) is 37.8 Å². The van der Waals surface area contributed by atoms with Gasteiger partial charge in [0.2, 0.25) is 0 Å². The normalized spacial score (nSPS) is 12.0. The Kier molecular flexibility index (Phi) is 3.94. The summed E-state index contributed by atoms with van der Waals surface area (Å²) in [6.07, 6.45) is 11.0. The molecule has 13 heavy (non-hydrogen) atoms. The van der Waals surface area contributed by atoms with E-state index in [4.69, 9.17) is 6.42 Å². The molecule has 1 heterocycles. The third kappa shape index (κ3) is 2.85. The zero-order valence-electron chi connectivity index (χ0n) is 7.70. The van der Waals surface area contributed by atoms with Crippen molar-refractivity contribution in [3.05, 3.63) is 24.3 Å². The summed E-state index contributed by atoms with van der Waals surface area (Å²) >= 11 is 0. The monoisotopic (exact) mass is 175 g/mol. The van der Waals surface area contributed by atoms with E-state index < -0.39 is 0 Å². The van der Waals surface area contributed by atoms with Gasteiger partial charge in [-0.15, -0.1) is 12.3 Å². The van der Waals surface area contributed by atoms with Crippen molar-refractivity contribution in [2.45, 2.75) is 19.4 Å². The van der Waals surface area contributed by atoms with Gasteiger partial charge in [-0.3, -0.25) is 9.97 Å². The summed E-state index contributed by atoms with van der Waals surface area (Å²) in [5.74, 6) is 2.62. The fourth-order valence-electron chi connectivity index (χ4n) is 1.14. The minimum Gasteiger partial charge on any atom is -0.308 e. The Morgan fingerprint density at radius 2 is 2.46 bits per heavy atom. The number of hydrogen-bond donors (Lipinski definition) is 1. The highest BCUT2D eigenvalue weighted by Crippen LogP contribution is 2.11. The van der Waals surface area contributed by atoms with Gasteiger partial charge in [-0.05, 0) is 6.54 Å². The van der Waals surface area contributed by atoms with Crippen LogP contribution in [0, 0.1) is 12.3 Å². The first-order valence-electron chi connectivity index (χ1n) is 4.31. The van der Waals surface area contributed by atoms with Crippen molar-refractivity contribution in [3.63, 3.8) is 0 Å². The van der Waals surface area contributed by atoms with Crippen LogP contribution in [0.4, 0.5) is 0 Å². The lowest BCUT2D eigenvalue weighted by Crippen LogP contribution is -2.21. The molecule has 0 saturated carbocycles. The second-order valence-corrected chi connectivity index (χ2v) is 2.65. The standard InChI is InChI=1S/C10H13N3/c1-3-5-9(12-4-2)10-8-11-6-7-13-10/h1,6-9,12H,4-5H2,2H3. The van der Waals surface area contributed by atoms with Gasteiger partial charge in [-0.1, -0.05) is 6.92 Å². The molecule has 0 aliphatic rings. The number of hydrogen-bond acceptors (Lipinski definition) is 3. The summed E-state index contributed by atoms with van der Waals surface area (Å²) < 4.78 is 0. The molecule has 0 bridgehead atoms. The van der Waals surface area contributed by atoms with E-state index in [2.05, 4.69) is 21.2 Å². The van der Waals surface area contributed by atoms with Gasteiger partial charge >= 0.3 is 0 Å². The Labute approximate surface area is 78.6 Å². The molecule has 0 saturated heterocycles. The van der Waals surface area contributed by atoms with Crippen LogP contribution in [0.25, 0.3) is 0 Å². The smallest absolute Gasteiger partial charge is 0.0765 e. The van der Waals surface area contributed by atoms with Crippen molar-refractivity contribution in [2.24, 2.45) is 0 Å². The van der Waals surface area contributed by atoms with Gasteiger partial charge in [0, 0.05) is 18.8 Å². The predicted octanol–water partition coefficient (Wildman–Crippen LogP) is 1.15. The molecule has 0 spiro atoms. The molecule has 1 aromatic rings. The van der Waals surface area contributed by atoms with Crippen LogP contribution in [0.3, 0.4) is 0 Å². The second-order valence-electron chi connectivity index (χ2n) is 2.65. The van der Waals surface area contributed by atoms with Gasteiger partial charge in [0.05, 0.1) is 17.9 Å². The van der Waals surface area contributed by atoms with Gasteiger partial charge < -0.3 is 5.32 Å². The third-order valence-corrected chi connectivity index (χ3v) is 1.71. The number of terminal acetylenes is 1. The molecule has 1 aromatic heterocycles. The average molecular weight is 175 g/mol. The quantitative estimate of drug-likeness (QED) is 0.697. The fourth-order valence-corrected chi connectivity index (χ4v) is 1.14. The summed E-state index contributed by atoms with van der Waals surface area (Å²) in [6.45, 7) is 2.92. The summed E-state index contributed by atoms with van der Waals surface area (Å²) in [5.41, 5.74) is 0.905. The van der Waals surface area contributed by atoms with Crippen LogP contribution in [0.2, 0.25) is 0 Å². The second kappa shape index (κ2) is 5.28. The first kappa shape index (κ1) is 9.69. The van der Waals surface area contributed by atoms with Gasteiger partial charge in [0.15, 0.2) is 0 Å². The fraction of sp³-hybridized carbons (Fsp3) is 0.400. The molecule has 1 N–H and O–H groups in total. The van der Waals surface area contributed by atoms with Gasteiger partial charge in [0.25, 0.3) is 0 Å². The predicted molar refractivity (Wildman–Crippen MR) is 51.9 cm³/mol. The van der Waals surface area contributed by atoms with Gasteiger partial charge in [0.1, 0.15) is 0 Å². The van der Waals surface area contributed by atoms with Crippen LogP contribution in [0.5, 0.6) is 0 Å². The van der Waals surface area contributed by atoms with Crippen LogP contribution in [0.15, 0.2) is 18.6 Å². The third-order valence-electron chi connectivity index (χ3n) is 1.71. The highest BCUT2D eigenvalue weighted by Gasteiger charge is 2.09. The van der Waals surface area contributed by atoms with E-state index in [9.17, 15) is 0 Å². The Hall–Kier alpha value is -1.40. The van der Waals surface area contributed by atoms with Crippen LogP contribution >= 0.6 is 0 Å². The molecule has 3 heteroatoms. The van der Waals surface area contributed by atoms with Crippen LogP contribution in [-0.4, -0.2) is 16.5 Å². The largest absolute Gasteiger partial charge is 0.308 e. The first-order valence-corrected chi connectivity index (χ1v) is 4.31. The number of aromatic nitrogens is 2. The van der Waals surface area contributed by atoms with Crippen molar-refractivity contribution >= 4 is 0 Å². The molecule has 0 fully saturated rings. The Bertz CT molecular complexity index is 276. The maximum atomic E-state index is 5.26. The van der Waals surface area contributed by atoms with Crippen molar-refractivity contribution in [3.8, 4) is 12.3 Å². The van der Waals surface area contributed by atoms with Gasteiger partial charge in [-0.2, -0.15) is 0 Å². The molecule has 0 aliphatic heterocycles. The zero-order chi connectivity index (χ0) is 9.52. The minimum absolute atomic E-state index is 0.128. The first-order chi connectivity index (χ1) is 6.38. The SMILES string of the molecule is C#CCC(NCC)c1cnccn1. The van der Waals surface area contributed by atoms with Crippen LogP contribution in [0.1, 0.15) is 25.1 Å². The number of nitrogens with one attached hydrogen (secondary N) is 1. The van der Waals surface area contributed by atoms with E-state index >= 15 is 0 Å². The van der Waals surface area contributed by atoms with E-state index in [1.165, 1.54) is 0 Å². The molecule has 1 rings (SSSR count). The van der Waals surface area contributed by atoms with E-state index in [1.807, 2.05) is 6.92 Å². The Balaban J connectivity index is 2.71. The molecular weight excluding hydrogens is 162 g/mol. The summed E-state index contributed by atoms with van der Waals surface area (Å²) in [4.78, 5) is 8.19. The summed E-state index contributed by atoms with van der Waals surface area (Å²) in [7, 11) is 0. The zero-order valence-corrected chi connectivity index (χ0v) is 7.70. The highest BCUT2D eigenvalue weighted by atomic mass is 14.9. The minimum atomic E-state index is 0.128. The summed E-state index contributed by atoms with van der Waals surface area (Å²) in [5, 5.41) is 3.25. The van der Waals surface area contributed by atoms with Gasteiger partial charge in [-0.25, -0.2) is 0 Å². The summed E-state index contributed by atoms with van der Waals surface area (Å²) in [6, 6.07) is 0.128. The molecule has 0 amide bonds. The van der Waals surface area contributed by atoms with E-state index in [1.54, 1.807) is 18.6 Å². The van der Waals surface area contributed by atoms with E-state index in [0.717, 1.165) is 12.2 Å². The van der Waals surface area contributed by atoms with Crippen molar-refractivity contribution in [1.29, 1.82) is 0 Å². The van der Waals surface area contributed by atoms with Crippen LogP contribution < -0.4 is 5.32 Å². The van der Waals surface area contributed by atoms with Crippen LogP contribution in [-0.2, 0) is 0 Å². The Morgan fingerprint density at radius 1 is 1.62 bits per heavy atom. The van der Waals surface area contributed by atoms with E-state index in [-0.39, 0.29) is 6.04 Å².